The normalized spacial score (nSPS) is 11.7. The third kappa shape index (κ3) is 2.68. The fourth-order valence-electron chi connectivity index (χ4n) is 1.73. The average molecular weight is 238 g/mol. The summed E-state index contributed by atoms with van der Waals surface area (Å²) in [6.07, 6.45) is 3.18. The van der Waals surface area contributed by atoms with Gasteiger partial charge in [-0.25, -0.2) is 0 Å². The van der Waals surface area contributed by atoms with Crippen LogP contribution in [0.2, 0.25) is 0 Å². The summed E-state index contributed by atoms with van der Waals surface area (Å²) in [7, 11) is 0. The Hall–Kier alpha value is -2.31. The van der Waals surface area contributed by atoms with Crippen molar-refractivity contribution in [1.82, 2.24) is 4.57 Å². The molecule has 3 heteroatoms. The molecule has 0 spiro atoms. The molecule has 0 bridgehead atoms. The van der Waals surface area contributed by atoms with Gasteiger partial charge in [0.2, 0.25) is 0 Å². The first-order chi connectivity index (χ1) is 8.85. The number of rotatable bonds is 5. The van der Waals surface area contributed by atoms with Crippen LogP contribution in [0.1, 0.15) is 17.5 Å². The lowest BCUT2D eigenvalue weighted by atomic mass is 10.2. The smallest absolute Gasteiger partial charge is 0.153 e. The van der Waals surface area contributed by atoms with Gasteiger partial charge in [0.1, 0.15) is 11.8 Å². The van der Waals surface area contributed by atoms with Crippen LogP contribution in [0.15, 0.2) is 61.3 Å². The van der Waals surface area contributed by atoms with Crippen LogP contribution < -0.4 is 0 Å². The molecule has 0 amide bonds. The summed E-state index contributed by atoms with van der Waals surface area (Å²) < 4.78 is 7.52. The molecule has 1 unspecified atom stereocenters. The van der Waals surface area contributed by atoms with Crippen molar-refractivity contribution in [2.75, 3.05) is 0 Å². The third-order valence-corrected chi connectivity index (χ3v) is 2.63. The molecule has 0 aliphatic rings. The number of hydrogen-bond acceptors (Lipinski definition) is 2. The number of nitriles is 1. The second-order valence-electron chi connectivity index (χ2n) is 3.84. The van der Waals surface area contributed by atoms with E-state index < -0.39 is 0 Å². The lowest BCUT2D eigenvalue weighted by Crippen LogP contribution is -2.11. The minimum atomic E-state index is -0.324. The quantitative estimate of drug-likeness (QED) is 0.750. The molecule has 0 saturated carbocycles. The van der Waals surface area contributed by atoms with Gasteiger partial charge in [0.25, 0.3) is 0 Å². The van der Waals surface area contributed by atoms with Crippen molar-refractivity contribution in [3.63, 3.8) is 0 Å². The van der Waals surface area contributed by atoms with Crippen LogP contribution in [0.3, 0.4) is 0 Å². The molecule has 1 atom stereocenters. The fourth-order valence-corrected chi connectivity index (χ4v) is 1.73. The highest BCUT2D eigenvalue weighted by molar-refractivity contribution is 5.23. The molecule has 2 aromatic rings. The van der Waals surface area contributed by atoms with Gasteiger partial charge in [-0.1, -0.05) is 36.9 Å². The molecule has 0 radical (unpaired) electrons. The van der Waals surface area contributed by atoms with Crippen LogP contribution in [0, 0.1) is 11.3 Å². The van der Waals surface area contributed by atoms with Crippen LogP contribution in [0.4, 0.5) is 0 Å². The zero-order valence-corrected chi connectivity index (χ0v) is 9.99. The molecule has 0 fully saturated rings. The van der Waals surface area contributed by atoms with Gasteiger partial charge in [0, 0.05) is 6.20 Å². The predicted molar refractivity (Wildman–Crippen MR) is 69.6 cm³/mol. The molecule has 0 saturated heterocycles. The van der Waals surface area contributed by atoms with E-state index in [1.54, 1.807) is 16.7 Å². The Morgan fingerprint density at radius 2 is 2.06 bits per heavy atom. The first kappa shape index (κ1) is 12.2. The van der Waals surface area contributed by atoms with Gasteiger partial charge in [0.05, 0.1) is 6.61 Å². The van der Waals surface area contributed by atoms with E-state index in [1.165, 1.54) is 0 Å². The van der Waals surface area contributed by atoms with E-state index in [-0.39, 0.29) is 6.23 Å². The van der Waals surface area contributed by atoms with Crippen molar-refractivity contribution in [2.24, 2.45) is 0 Å². The van der Waals surface area contributed by atoms with Crippen LogP contribution in [0.5, 0.6) is 0 Å². The van der Waals surface area contributed by atoms with E-state index in [2.05, 4.69) is 12.6 Å². The van der Waals surface area contributed by atoms with Gasteiger partial charge in [0.15, 0.2) is 6.23 Å². The lowest BCUT2D eigenvalue weighted by Gasteiger charge is -2.16. The maximum atomic E-state index is 8.98. The van der Waals surface area contributed by atoms with E-state index >= 15 is 0 Å². The third-order valence-electron chi connectivity index (χ3n) is 2.63. The number of nitrogens with zero attached hydrogens (tertiary/aromatic N) is 2. The molecule has 1 aromatic heterocycles. The van der Waals surface area contributed by atoms with Crippen LogP contribution in [0.25, 0.3) is 0 Å². The molecule has 1 heterocycles. The monoisotopic (exact) mass is 238 g/mol. The second kappa shape index (κ2) is 5.85. The standard InChI is InChI=1S/C15H14N2O/c1-2-15(17-10-6-9-14(17)11-16)18-12-13-7-4-3-5-8-13/h2-10,15H,1,12H2. The maximum Gasteiger partial charge on any atom is 0.153 e. The topological polar surface area (TPSA) is 38.0 Å². The van der Waals surface area contributed by atoms with Crippen LogP contribution >= 0.6 is 0 Å². The highest BCUT2D eigenvalue weighted by Gasteiger charge is 2.10. The number of hydrogen-bond donors (Lipinski definition) is 0. The van der Waals surface area contributed by atoms with Crippen molar-refractivity contribution < 1.29 is 4.74 Å². The Morgan fingerprint density at radius 1 is 1.28 bits per heavy atom. The van der Waals surface area contributed by atoms with Crippen LogP contribution in [-0.4, -0.2) is 4.57 Å². The molecule has 2 rings (SSSR count). The molecule has 18 heavy (non-hydrogen) atoms. The highest BCUT2D eigenvalue weighted by Crippen LogP contribution is 2.16. The average Bonchev–Trinajstić information content (AvgIpc) is 2.89. The second-order valence-corrected chi connectivity index (χ2v) is 3.84. The van der Waals surface area contributed by atoms with E-state index in [0.29, 0.717) is 12.3 Å². The summed E-state index contributed by atoms with van der Waals surface area (Å²) in [4.78, 5) is 0. The summed E-state index contributed by atoms with van der Waals surface area (Å²) in [5.74, 6) is 0. The summed E-state index contributed by atoms with van der Waals surface area (Å²) in [6.45, 7) is 4.24. The van der Waals surface area contributed by atoms with Gasteiger partial charge in [-0.2, -0.15) is 5.26 Å². The Morgan fingerprint density at radius 3 is 2.72 bits per heavy atom. The molecule has 0 N–H and O–H groups in total. The largest absolute Gasteiger partial charge is 0.350 e. The maximum absolute atomic E-state index is 8.98. The fraction of sp³-hybridized carbons (Fsp3) is 0.133. The zero-order chi connectivity index (χ0) is 12.8. The first-order valence-corrected chi connectivity index (χ1v) is 5.70. The number of ether oxygens (including phenoxy) is 1. The van der Waals surface area contributed by atoms with Gasteiger partial charge in [-0.05, 0) is 23.8 Å². The molecule has 1 aromatic carbocycles. The summed E-state index contributed by atoms with van der Waals surface area (Å²) in [5, 5.41) is 8.98. The van der Waals surface area contributed by atoms with Crippen molar-refractivity contribution in [1.29, 1.82) is 5.26 Å². The zero-order valence-electron chi connectivity index (χ0n) is 9.99. The summed E-state index contributed by atoms with van der Waals surface area (Å²) in [6, 6.07) is 15.6. The minimum Gasteiger partial charge on any atom is -0.350 e. The molecular formula is C15H14N2O. The lowest BCUT2D eigenvalue weighted by molar-refractivity contribution is 0.0250. The van der Waals surface area contributed by atoms with E-state index in [0.717, 1.165) is 5.56 Å². The molecule has 0 aliphatic heterocycles. The van der Waals surface area contributed by atoms with Gasteiger partial charge < -0.3 is 9.30 Å². The Kier molecular flexibility index (Phi) is 3.95. The van der Waals surface area contributed by atoms with Gasteiger partial charge >= 0.3 is 0 Å². The molecule has 3 nitrogen and oxygen atoms in total. The first-order valence-electron chi connectivity index (χ1n) is 5.70. The Balaban J connectivity index is 2.07. The van der Waals surface area contributed by atoms with Gasteiger partial charge in [-0.3, -0.25) is 0 Å². The number of benzene rings is 1. The van der Waals surface area contributed by atoms with Crippen molar-refractivity contribution in [2.45, 2.75) is 12.8 Å². The van der Waals surface area contributed by atoms with E-state index in [1.807, 2.05) is 42.6 Å². The van der Waals surface area contributed by atoms with Crippen molar-refractivity contribution in [3.8, 4) is 6.07 Å². The molecular weight excluding hydrogens is 224 g/mol. The van der Waals surface area contributed by atoms with Gasteiger partial charge in [-0.15, -0.1) is 0 Å². The molecule has 0 aliphatic carbocycles. The predicted octanol–water partition coefficient (Wildman–Crippen LogP) is 3.26. The summed E-state index contributed by atoms with van der Waals surface area (Å²) >= 11 is 0. The Labute approximate surface area is 107 Å². The van der Waals surface area contributed by atoms with E-state index in [9.17, 15) is 0 Å². The van der Waals surface area contributed by atoms with Crippen LogP contribution in [-0.2, 0) is 11.3 Å². The summed E-state index contributed by atoms with van der Waals surface area (Å²) in [5.41, 5.74) is 1.66. The number of aromatic nitrogens is 1. The highest BCUT2D eigenvalue weighted by atomic mass is 16.5. The van der Waals surface area contributed by atoms with Crippen molar-refractivity contribution in [3.05, 3.63) is 72.6 Å². The minimum absolute atomic E-state index is 0.324. The van der Waals surface area contributed by atoms with Crippen molar-refractivity contribution >= 4 is 0 Å². The molecule has 90 valence electrons. The SMILES string of the molecule is C=CC(OCc1ccccc1)n1cccc1C#N. The Bertz CT molecular complexity index is 551. The van der Waals surface area contributed by atoms with E-state index in [4.69, 9.17) is 10.00 Å².